The molecule has 0 aromatic carbocycles. The van der Waals surface area contributed by atoms with Crippen LogP contribution >= 0.6 is 0 Å². The highest BCUT2D eigenvalue weighted by atomic mass is 16.5. The van der Waals surface area contributed by atoms with Crippen molar-refractivity contribution in [3.8, 4) is 11.6 Å². The van der Waals surface area contributed by atoms with E-state index < -0.39 is 0 Å². The molecule has 1 aliphatic rings. The van der Waals surface area contributed by atoms with Gasteiger partial charge >= 0.3 is 0 Å². The zero-order valence-electron chi connectivity index (χ0n) is 10.1. The summed E-state index contributed by atoms with van der Waals surface area (Å²) in [6.45, 7) is 3.93. The first-order chi connectivity index (χ1) is 7.72. The van der Waals surface area contributed by atoms with Crippen molar-refractivity contribution in [2.75, 3.05) is 20.2 Å². The smallest absolute Gasteiger partial charge is 0.255 e. The highest BCUT2D eigenvalue weighted by molar-refractivity contribution is 5.38. The zero-order chi connectivity index (χ0) is 11.5. The molecule has 0 spiro atoms. The Balaban J connectivity index is 2.13. The van der Waals surface area contributed by atoms with Crippen LogP contribution in [0.25, 0.3) is 0 Å². The minimum absolute atomic E-state index is 0.227. The summed E-state index contributed by atoms with van der Waals surface area (Å²) in [7, 11) is 3.50. The van der Waals surface area contributed by atoms with Gasteiger partial charge in [-0.25, -0.2) is 4.68 Å². The van der Waals surface area contributed by atoms with E-state index in [1.807, 2.05) is 14.0 Å². The Kier molecular flexibility index (Phi) is 3.33. The van der Waals surface area contributed by atoms with Crippen molar-refractivity contribution in [3.05, 3.63) is 5.69 Å². The van der Waals surface area contributed by atoms with Crippen LogP contribution in [0.4, 0.5) is 0 Å². The molecule has 1 aromatic rings. The molecule has 0 amide bonds. The van der Waals surface area contributed by atoms with Crippen molar-refractivity contribution in [3.63, 3.8) is 0 Å². The largest absolute Gasteiger partial charge is 0.482 e. The number of rotatable bonds is 3. The van der Waals surface area contributed by atoms with Gasteiger partial charge in [0.1, 0.15) is 11.8 Å². The normalized spacial score (nSPS) is 20.8. The van der Waals surface area contributed by atoms with Crippen molar-refractivity contribution in [1.82, 2.24) is 15.1 Å². The minimum atomic E-state index is 0.227. The van der Waals surface area contributed by atoms with E-state index in [4.69, 9.17) is 9.47 Å². The van der Waals surface area contributed by atoms with E-state index in [1.165, 1.54) is 0 Å². The van der Waals surface area contributed by atoms with E-state index >= 15 is 0 Å². The molecular weight excluding hydrogens is 206 g/mol. The van der Waals surface area contributed by atoms with Crippen molar-refractivity contribution >= 4 is 0 Å². The highest BCUT2D eigenvalue weighted by Crippen LogP contribution is 2.31. The number of methoxy groups -OCH3 is 1. The maximum Gasteiger partial charge on any atom is 0.255 e. The topological polar surface area (TPSA) is 48.3 Å². The zero-order valence-corrected chi connectivity index (χ0v) is 10.1. The Labute approximate surface area is 95.7 Å². The number of aromatic nitrogens is 2. The molecule has 1 aliphatic heterocycles. The number of hydrogen-bond acceptors (Lipinski definition) is 4. The summed E-state index contributed by atoms with van der Waals surface area (Å²) < 4.78 is 13.0. The van der Waals surface area contributed by atoms with Crippen LogP contribution in [-0.4, -0.2) is 36.1 Å². The summed E-state index contributed by atoms with van der Waals surface area (Å²) >= 11 is 0. The fraction of sp³-hybridized carbons (Fsp3) is 0.727. The summed E-state index contributed by atoms with van der Waals surface area (Å²) in [6.07, 6.45) is 2.47. The summed E-state index contributed by atoms with van der Waals surface area (Å²) in [6, 6.07) is 0. The average Bonchev–Trinajstić information content (AvgIpc) is 2.55. The van der Waals surface area contributed by atoms with Gasteiger partial charge in [0.15, 0.2) is 0 Å². The van der Waals surface area contributed by atoms with E-state index in [0.717, 1.165) is 37.4 Å². The fourth-order valence-corrected chi connectivity index (χ4v) is 2.07. The van der Waals surface area contributed by atoms with Gasteiger partial charge in [0.25, 0.3) is 5.88 Å². The first-order valence-electron chi connectivity index (χ1n) is 5.67. The van der Waals surface area contributed by atoms with E-state index in [2.05, 4.69) is 10.4 Å². The van der Waals surface area contributed by atoms with E-state index in [0.29, 0.717) is 5.88 Å². The number of hydrogen-bond donors (Lipinski definition) is 1. The molecule has 0 aliphatic carbocycles. The van der Waals surface area contributed by atoms with Crippen LogP contribution in [0.1, 0.15) is 18.5 Å². The Morgan fingerprint density at radius 3 is 2.94 bits per heavy atom. The quantitative estimate of drug-likeness (QED) is 0.829. The summed E-state index contributed by atoms with van der Waals surface area (Å²) in [5.41, 5.74) is 0.880. The maximum absolute atomic E-state index is 5.96. The second-order valence-electron chi connectivity index (χ2n) is 4.13. The molecule has 5 nitrogen and oxygen atoms in total. The Morgan fingerprint density at radius 2 is 2.31 bits per heavy atom. The summed E-state index contributed by atoms with van der Waals surface area (Å²) in [4.78, 5) is 0. The molecule has 2 heterocycles. The van der Waals surface area contributed by atoms with Gasteiger partial charge in [0.2, 0.25) is 5.75 Å². The third kappa shape index (κ3) is 2.14. The fourth-order valence-electron chi connectivity index (χ4n) is 2.07. The predicted octanol–water partition coefficient (Wildman–Crippen LogP) is 0.868. The van der Waals surface area contributed by atoms with Crippen LogP contribution in [0.2, 0.25) is 0 Å². The first-order valence-corrected chi connectivity index (χ1v) is 5.67. The summed E-state index contributed by atoms with van der Waals surface area (Å²) in [5, 5.41) is 7.62. The standard InChI is InChI=1S/C11H19N3O2/c1-8-10(11(15-3)14(2)13-8)16-9-5-4-6-12-7-9/h9,12H,4-7H2,1-3H3. The van der Waals surface area contributed by atoms with Crippen LogP contribution in [0.3, 0.4) is 0 Å². The van der Waals surface area contributed by atoms with Crippen LogP contribution in [0.5, 0.6) is 11.6 Å². The molecule has 0 radical (unpaired) electrons. The van der Waals surface area contributed by atoms with Gasteiger partial charge in [0, 0.05) is 13.6 Å². The van der Waals surface area contributed by atoms with Gasteiger partial charge in [0.05, 0.1) is 7.11 Å². The Hall–Kier alpha value is -1.23. The number of nitrogens with zero attached hydrogens (tertiary/aromatic N) is 2. The second kappa shape index (κ2) is 4.74. The molecule has 90 valence electrons. The molecule has 0 bridgehead atoms. The predicted molar refractivity (Wildman–Crippen MR) is 61.0 cm³/mol. The van der Waals surface area contributed by atoms with Crippen LogP contribution in [0, 0.1) is 6.92 Å². The molecule has 0 saturated carbocycles. The number of nitrogens with one attached hydrogen (secondary N) is 1. The Morgan fingerprint density at radius 1 is 1.50 bits per heavy atom. The van der Waals surface area contributed by atoms with Gasteiger partial charge in [-0.3, -0.25) is 0 Å². The molecule has 1 aromatic heterocycles. The van der Waals surface area contributed by atoms with Gasteiger partial charge in [-0.15, -0.1) is 0 Å². The first kappa shape index (κ1) is 11.3. The van der Waals surface area contributed by atoms with Crippen LogP contribution in [-0.2, 0) is 7.05 Å². The second-order valence-corrected chi connectivity index (χ2v) is 4.13. The molecule has 16 heavy (non-hydrogen) atoms. The van der Waals surface area contributed by atoms with Gasteiger partial charge in [-0.1, -0.05) is 0 Å². The summed E-state index contributed by atoms with van der Waals surface area (Å²) in [5.74, 6) is 1.47. The number of ether oxygens (including phenoxy) is 2. The van der Waals surface area contributed by atoms with Crippen molar-refractivity contribution in [2.45, 2.75) is 25.9 Å². The monoisotopic (exact) mass is 225 g/mol. The lowest BCUT2D eigenvalue weighted by atomic mass is 10.1. The van der Waals surface area contributed by atoms with Gasteiger partial charge in [-0.05, 0) is 26.3 Å². The lowest BCUT2D eigenvalue weighted by molar-refractivity contribution is 0.159. The molecule has 2 rings (SSSR count). The SMILES string of the molecule is COc1c(OC2CCCNC2)c(C)nn1C. The minimum Gasteiger partial charge on any atom is -0.482 e. The van der Waals surface area contributed by atoms with E-state index in [1.54, 1.807) is 11.8 Å². The molecular formula is C11H19N3O2. The van der Waals surface area contributed by atoms with E-state index in [9.17, 15) is 0 Å². The third-order valence-corrected chi connectivity index (χ3v) is 2.85. The molecule has 1 atom stereocenters. The highest BCUT2D eigenvalue weighted by Gasteiger charge is 2.21. The van der Waals surface area contributed by atoms with E-state index in [-0.39, 0.29) is 6.10 Å². The van der Waals surface area contributed by atoms with Crippen LogP contribution in [0.15, 0.2) is 0 Å². The Bertz CT molecular complexity index is 356. The molecule has 1 unspecified atom stereocenters. The lowest BCUT2D eigenvalue weighted by Gasteiger charge is -2.23. The molecule has 1 N–H and O–H groups in total. The van der Waals surface area contributed by atoms with Crippen molar-refractivity contribution < 1.29 is 9.47 Å². The van der Waals surface area contributed by atoms with Crippen molar-refractivity contribution in [2.24, 2.45) is 7.05 Å². The van der Waals surface area contributed by atoms with Crippen molar-refractivity contribution in [1.29, 1.82) is 0 Å². The average molecular weight is 225 g/mol. The molecule has 1 fully saturated rings. The van der Waals surface area contributed by atoms with Gasteiger partial charge in [-0.2, -0.15) is 5.10 Å². The molecule has 5 heteroatoms. The van der Waals surface area contributed by atoms with Crippen LogP contribution < -0.4 is 14.8 Å². The lowest BCUT2D eigenvalue weighted by Crippen LogP contribution is -2.37. The molecule has 1 saturated heterocycles. The number of piperidine rings is 1. The third-order valence-electron chi connectivity index (χ3n) is 2.85. The maximum atomic E-state index is 5.96. The van der Waals surface area contributed by atoms with Gasteiger partial charge < -0.3 is 14.8 Å². The number of aryl methyl sites for hydroxylation is 2.